The third-order valence-corrected chi connectivity index (χ3v) is 6.47. The highest BCUT2D eigenvalue weighted by Crippen LogP contribution is 2.41. The Kier molecular flexibility index (Phi) is 7.09. The minimum absolute atomic E-state index is 0.343. The van der Waals surface area contributed by atoms with Crippen LogP contribution in [0.5, 0.6) is 0 Å². The Hall–Kier alpha value is -4.70. The van der Waals surface area contributed by atoms with E-state index in [-0.39, 0.29) is 5.97 Å². The average molecular weight is 485 g/mol. The van der Waals surface area contributed by atoms with Crippen LogP contribution >= 0.6 is 0 Å². The number of nitrogens with zero attached hydrogens (tertiary/aromatic N) is 2. The third-order valence-electron chi connectivity index (χ3n) is 6.47. The summed E-state index contributed by atoms with van der Waals surface area (Å²) in [5, 5.41) is 0. The molecule has 0 saturated carbocycles. The Bertz CT molecular complexity index is 1390. The summed E-state index contributed by atoms with van der Waals surface area (Å²) in [5.74, 6) is -0.362. The highest BCUT2D eigenvalue weighted by molar-refractivity contribution is 5.89. The molecule has 37 heavy (non-hydrogen) atoms. The number of esters is 1. The molecular weight excluding hydrogens is 456 g/mol. The van der Waals surface area contributed by atoms with Gasteiger partial charge >= 0.3 is 5.97 Å². The fraction of sp³-hybridized carbons (Fsp3) is 0.0909. The number of hydrogen-bond donors (Lipinski definition) is 0. The van der Waals surface area contributed by atoms with E-state index in [4.69, 9.17) is 9.72 Å². The van der Waals surface area contributed by atoms with E-state index in [1.807, 2.05) is 48.8 Å². The van der Waals surface area contributed by atoms with Crippen molar-refractivity contribution in [2.45, 2.75) is 12.5 Å². The van der Waals surface area contributed by atoms with Gasteiger partial charge in [-0.3, -0.25) is 0 Å². The van der Waals surface area contributed by atoms with Crippen molar-refractivity contribution in [1.82, 2.24) is 9.55 Å². The molecule has 0 bridgehead atoms. The lowest BCUT2D eigenvalue weighted by Gasteiger charge is -2.37. The number of carbonyl (C=O) groups excluding carboxylic acids is 1. The van der Waals surface area contributed by atoms with Gasteiger partial charge in [0.05, 0.1) is 18.6 Å². The SMILES string of the molecule is CCOC(=O)/C=C/c1ccccc1-c1cn(C(c2ccccc2)(c2ccccc2)c2ccccc2)cn1. The molecule has 0 atom stereocenters. The quantitative estimate of drug-likeness (QED) is 0.136. The molecule has 4 aromatic carbocycles. The average Bonchev–Trinajstić information content (AvgIpc) is 3.45. The van der Waals surface area contributed by atoms with Crippen LogP contribution in [0.2, 0.25) is 0 Å². The van der Waals surface area contributed by atoms with Gasteiger partial charge < -0.3 is 9.30 Å². The maximum atomic E-state index is 11.9. The molecular formula is C33H28N2O2. The number of ether oxygens (including phenoxy) is 1. The number of hydrogen-bond acceptors (Lipinski definition) is 3. The second-order valence-electron chi connectivity index (χ2n) is 8.65. The summed E-state index contributed by atoms with van der Waals surface area (Å²) in [4.78, 5) is 16.8. The number of aromatic nitrogens is 2. The first kappa shape index (κ1) is 24.0. The first-order valence-electron chi connectivity index (χ1n) is 12.4. The first-order valence-corrected chi connectivity index (χ1v) is 12.4. The van der Waals surface area contributed by atoms with Crippen LogP contribution in [-0.2, 0) is 15.1 Å². The molecule has 0 radical (unpaired) electrons. The van der Waals surface area contributed by atoms with Crippen molar-refractivity contribution in [1.29, 1.82) is 0 Å². The van der Waals surface area contributed by atoms with E-state index in [1.165, 1.54) is 6.08 Å². The normalized spacial score (nSPS) is 11.5. The van der Waals surface area contributed by atoms with E-state index >= 15 is 0 Å². The maximum absolute atomic E-state index is 11.9. The van der Waals surface area contributed by atoms with Crippen LogP contribution in [0, 0.1) is 0 Å². The molecule has 5 rings (SSSR count). The molecule has 0 aliphatic rings. The third kappa shape index (κ3) is 4.74. The fourth-order valence-electron chi connectivity index (χ4n) is 4.85. The van der Waals surface area contributed by atoms with Crippen molar-refractivity contribution < 1.29 is 9.53 Å². The Balaban J connectivity index is 1.70. The zero-order valence-electron chi connectivity index (χ0n) is 20.7. The molecule has 182 valence electrons. The molecule has 0 N–H and O–H groups in total. The summed E-state index contributed by atoms with van der Waals surface area (Å²) >= 11 is 0. The largest absolute Gasteiger partial charge is 0.463 e. The molecule has 0 aliphatic carbocycles. The van der Waals surface area contributed by atoms with E-state index in [2.05, 4.69) is 83.6 Å². The molecule has 1 heterocycles. The molecule has 0 amide bonds. The minimum Gasteiger partial charge on any atom is -0.463 e. The predicted octanol–water partition coefficient (Wildman–Crippen LogP) is 6.97. The summed E-state index contributed by atoms with van der Waals surface area (Å²) in [6, 6.07) is 39.5. The van der Waals surface area contributed by atoms with Crippen LogP contribution in [0.25, 0.3) is 17.3 Å². The summed E-state index contributed by atoms with van der Waals surface area (Å²) in [6.07, 6.45) is 7.23. The van der Waals surface area contributed by atoms with Gasteiger partial charge in [-0.2, -0.15) is 0 Å². The van der Waals surface area contributed by atoms with Crippen molar-refractivity contribution in [2.24, 2.45) is 0 Å². The van der Waals surface area contributed by atoms with Gasteiger partial charge in [0, 0.05) is 17.8 Å². The topological polar surface area (TPSA) is 44.1 Å². The number of rotatable bonds is 8. The smallest absolute Gasteiger partial charge is 0.330 e. The van der Waals surface area contributed by atoms with Crippen LogP contribution < -0.4 is 0 Å². The van der Waals surface area contributed by atoms with Gasteiger partial charge in [-0.05, 0) is 35.3 Å². The molecule has 1 aromatic heterocycles. The Morgan fingerprint density at radius 2 is 1.30 bits per heavy atom. The maximum Gasteiger partial charge on any atom is 0.330 e. The Morgan fingerprint density at radius 3 is 1.84 bits per heavy atom. The van der Waals surface area contributed by atoms with E-state index < -0.39 is 5.54 Å². The van der Waals surface area contributed by atoms with Gasteiger partial charge in [0.15, 0.2) is 0 Å². The lowest BCUT2D eigenvalue weighted by molar-refractivity contribution is -0.137. The van der Waals surface area contributed by atoms with Crippen molar-refractivity contribution in [3.05, 3.63) is 156 Å². The summed E-state index contributed by atoms with van der Waals surface area (Å²) in [7, 11) is 0. The van der Waals surface area contributed by atoms with E-state index in [1.54, 1.807) is 13.0 Å². The van der Waals surface area contributed by atoms with Gasteiger partial charge in [-0.1, -0.05) is 115 Å². The fourth-order valence-corrected chi connectivity index (χ4v) is 4.85. The predicted molar refractivity (Wildman–Crippen MR) is 148 cm³/mol. The zero-order valence-corrected chi connectivity index (χ0v) is 20.7. The molecule has 4 nitrogen and oxygen atoms in total. The molecule has 0 unspecified atom stereocenters. The van der Waals surface area contributed by atoms with Crippen LogP contribution in [0.15, 0.2) is 134 Å². The van der Waals surface area contributed by atoms with E-state index in [9.17, 15) is 4.79 Å². The second-order valence-corrected chi connectivity index (χ2v) is 8.65. The van der Waals surface area contributed by atoms with Crippen LogP contribution in [-0.4, -0.2) is 22.1 Å². The van der Waals surface area contributed by atoms with E-state index in [0.29, 0.717) is 6.61 Å². The van der Waals surface area contributed by atoms with Crippen molar-refractivity contribution in [3.8, 4) is 11.3 Å². The molecule has 0 spiro atoms. The van der Waals surface area contributed by atoms with Gasteiger partial charge in [0.1, 0.15) is 5.54 Å². The van der Waals surface area contributed by atoms with Gasteiger partial charge in [0.25, 0.3) is 0 Å². The molecule has 5 aromatic rings. The lowest BCUT2D eigenvalue weighted by Crippen LogP contribution is -2.36. The highest BCUT2D eigenvalue weighted by Gasteiger charge is 2.38. The number of benzene rings is 4. The minimum atomic E-state index is -0.634. The van der Waals surface area contributed by atoms with Crippen molar-refractivity contribution in [3.63, 3.8) is 0 Å². The van der Waals surface area contributed by atoms with Crippen LogP contribution in [0.1, 0.15) is 29.2 Å². The van der Waals surface area contributed by atoms with Crippen molar-refractivity contribution >= 4 is 12.0 Å². The van der Waals surface area contributed by atoms with Gasteiger partial charge in [0.2, 0.25) is 0 Å². The summed E-state index contributed by atoms with van der Waals surface area (Å²) in [5.41, 5.74) is 5.40. The van der Waals surface area contributed by atoms with Crippen LogP contribution in [0.3, 0.4) is 0 Å². The molecule has 4 heteroatoms. The second kappa shape index (κ2) is 10.9. The zero-order chi connectivity index (χ0) is 25.5. The van der Waals surface area contributed by atoms with Crippen LogP contribution in [0.4, 0.5) is 0 Å². The number of imidazole rings is 1. The Labute approximate surface area is 217 Å². The van der Waals surface area contributed by atoms with Crippen molar-refractivity contribution in [2.75, 3.05) is 6.61 Å². The molecule has 0 fully saturated rings. The lowest BCUT2D eigenvalue weighted by atomic mass is 9.77. The number of carbonyl (C=O) groups is 1. The highest BCUT2D eigenvalue weighted by atomic mass is 16.5. The summed E-state index contributed by atoms with van der Waals surface area (Å²) in [6.45, 7) is 2.14. The molecule has 0 saturated heterocycles. The van der Waals surface area contributed by atoms with E-state index in [0.717, 1.165) is 33.5 Å². The van der Waals surface area contributed by atoms with Gasteiger partial charge in [-0.15, -0.1) is 0 Å². The first-order chi connectivity index (χ1) is 18.2. The van der Waals surface area contributed by atoms with Gasteiger partial charge in [-0.25, -0.2) is 9.78 Å². The Morgan fingerprint density at radius 1 is 0.784 bits per heavy atom. The summed E-state index contributed by atoms with van der Waals surface area (Å²) < 4.78 is 7.25. The molecule has 0 aliphatic heterocycles. The monoisotopic (exact) mass is 484 g/mol. The standard InChI is InChI=1S/C33H28N2O2/c1-2-37-32(36)23-22-26-14-12-13-21-30(26)31-24-35(25-34-31)33(27-15-6-3-7-16-27,28-17-8-4-9-18-28)29-19-10-5-11-20-29/h3-25H,2H2,1H3/b23-22+.